The van der Waals surface area contributed by atoms with Gasteiger partial charge in [0.15, 0.2) is 6.29 Å². The van der Waals surface area contributed by atoms with Gasteiger partial charge in [0.25, 0.3) is 0 Å². The second-order valence-electron chi connectivity index (χ2n) is 2.59. The first-order valence-electron chi connectivity index (χ1n) is 3.97. The van der Waals surface area contributed by atoms with Crippen LogP contribution >= 0.6 is 7.82 Å². The molecule has 0 aromatic carbocycles. The fourth-order valence-corrected chi connectivity index (χ4v) is 1.28. The first kappa shape index (κ1) is 9.54. The minimum absolute atomic E-state index is 0.270. The molecule has 13 heavy (non-hydrogen) atoms. The van der Waals surface area contributed by atoms with Gasteiger partial charge in [-0.1, -0.05) is 0 Å². The minimum Gasteiger partial charge on any atom is -0.388 e. The Morgan fingerprint density at radius 1 is 1.62 bits per heavy atom. The van der Waals surface area contributed by atoms with Gasteiger partial charge in [0.05, 0.1) is 14.1 Å². The number of rotatable bonds is 3. The molecule has 0 aliphatic carbocycles. The van der Waals surface area contributed by atoms with E-state index < -0.39 is 32.9 Å². The molecule has 0 aromatic rings. The highest BCUT2D eigenvalue weighted by molar-refractivity contribution is 7.46. The average Bonchev–Trinajstić information content (AvgIpc) is 2.21. The topological polar surface area (TPSA) is 116 Å². The van der Waals surface area contributed by atoms with Crippen LogP contribution in [0.3, 0.4) is 0 Å². The van der Waals surface area contributed by atoms with Crippen LogP contribution in [0.25, 0.3) is 0 Å². The summed E-state index contributed by atoms with van der Waals surface area (Å²) in [7, 11) is -4.58. The molecule has 8 heteroatoms. The molecule has 1 aliphatic rings. The summed E-state index contributed by atoms with van der Waals surface area (Å²) in [5.41, 5.74) is 0. The Labute approximate surface area is 75.6 Å². The van der Waals surface area contributed by atoms with Crippen LogP contribution in [-0.2, 0) is 13.8 Å². The molecule has 78 valence electrons. The van der Waals surface area contributed by atoms with Crippen molar-refractivity contribution in [1.29, 1.82) is 0 Å². The molecule has 0 amide bonds. The molecule has 1 fully saturated rings. The lowest BCUT2D eigenvalue weighted by atomic mass is 10.2. The van der Waals surface area contributed by atoms with Gasteiger partial charge in [-0.05, 0) is 0 Å². The summed E-state index contributed by atoms with van der Waals surface area (Å²) in [6.45, 7) is -0.484. The van der Waals surface area contributed by atoms with Gasteiger partial charge in [-0.25, -0.2) is 4.57 Å². The van der Waals surface area contributed by atoms with E-state index in [-0.39, 0.29) is 6.42 Å². The Bertz CT molecular complexity index is 250. The van der Waals surface area contributed by atoms with E-state index in [4.69, 9.17) is 21.4 Å². The Balaban J connectivity index is 2.40. The second-order valence-corrected chi connectivity index (χ2v) is 3.83. The number of hydrogen-bond donors (Lipinski definition) is 4. The molecule has 0 saturated carbocycles. The Morgan fingerprint density at radius 2 is 2.23 bits per heavy atom. The predicted molar refractivity (Wildman–Crippen MR) is 39.5 cm³/mol. The van der Waals surface area contributed by atoms with E-state index in [0.717, 1.165) is 0 Å². The number of ether oxygens (including phenoxy) is 1. The van der Waals surface area contributed by atoms with E-state index in [2.05, 4.69) is 9.26 Å². The minimum atomic E-state index is -4.58. The third-order valence-electron chi connectivity index (χ3n) is 1.47. The van der Waals surface area contributed by atoms with Crippen molar-refractivity contribution in [2.24, 2.45) is 0 Å². The maximum atomic E-state index is 10.3. The smallest absolute Gasteiger partial charge is 0.388 e. The summed E-state index contributed by atoms with van der Waals surface area (Å²) in [5.74, 6) is 0. The van der Waals surface area contributed by atoms with Crippen molar-refractivity contribution in [2.75, 3.05) is 6.61 Å². The summed E-state index contributed by atoms with van der Waals surface area (Å²) in [4.78, 5) is 16.7. The molecule has 1 rings (SSSR count). The predicted octanol–water partition coefficient (Wildman–Crippen LogP) is -1.44. The van der Waals surface area contributed by atoms with Crippen molar-refractivity contribution in [3.8, 4) is 0 Å². The zero-order valence-corrected chi connectivity index (χ0v) is 7.42. The average molecular weight is 215 g/mol. The lowest BCUT2D eigenvalue weighted by Crippen LogP contribution is -2.19. The van der Waals surface area contributed by atoms with Crippen LogP contribution in [0.15, 0.2) is 0 Å². The molecule has 4 N–H and O–H groups in total. The first-order chi connectivity index (χ1) is 6.21. The highest BCUT2D eigenvalue weighted by Crippen LogP contribution is 2.36. The molecule has 0 bridgehead atoms. The van der Waals surface area contributed by atoms with Gasteiger partial charge in [0.2, 0.25) is 0 Å². The molecule has 1 heterocycles. The molecule has 1 saturated heterocycles. The largest absolute Gasteiger partial charge is 0.469 e. The van der Waals surface area contributed by atoms with Gasteiger partial charge in [0, 0.05) is 6.42 Å². The van der Waals surface area contributed by atoms with E-state index in [1.165, 1.54) is 0 Å². The summed E-state index contributed by atoms with van der Waals surface area (Å²) in [6.07, 6.45) is -5.01. The third kappa shape index (κ3) is 3.70. The molecular weight excluding hydrogens is 203 g/mol. The van der Waals surface area contributed by atoms with Crippen LogP contribution in [0.5, 0.6) is 0 Å². The molecule has 0 spiro atoms. The molecule has 1 unspecified atom stereocenters. The fraction of sp³-hybridized carbons (Fsp3) is 1.00. The number of aliphatic hydroxyl groups is 2. The lowest BCUT2D eigenvalue weighted by Gasteiger charge is -2.10. The highest BCUT2D eigenvalue weighted by Gasteiger charge is 2.33. The van der Waals surface area contributed by atoms with E-state index in [9.17, 15) is 4.57 Å². The quantitative estimate of drug-likeness (QED) is 0.426. The van der Waals surface area contributed by atoms with Gasteiger partial charge in [0.1, 0.15) is 6.08 Å². The van der Waals surface area contributed by atoms with Crippen LogP contribution in [0.2, 0.25) is 0 Å². The van der Waals surface area contributed by atoms with Gasteiger partial charge in [-0.15, -0.1) is 0 Å². The standard InChI is InChI=1S/C5H11O7P/c6-4-1-3(12-5(4)7)2-11-13(8,9)10/h3-7H,1-2H2,(H2,8,9,10)/t3-,4-,5?/m0/s1/i4D. The zero-order valence-electron chi connectivity index (χ0n) is 7.53. The van der Waals surface area contributed by atoms with E-state index in [0.29, 0.717) is 0 Å². The zero-order chi connectivity index (χ0) is 11.0. The summed E-state index contributed by atoms with van der Waals surface area (Å²) < 4.78 is 26.1. The first-order valence-corrected chi connectivity index (χ1v) is 5.00. The molecule has 1 aliphatic heterocycles. The summed E-state index contributed by atoms with van der Waals surface area (Å²) in [5, 5.41) is 18.1. The monoisotopic (exact) mass is 215 g/mol. The normalized spacial score (nSPS) is 42.0. The van der Waals surface area contributed by atoms with E-state index in [1.54, 1.807) is 0 Å². The Morgan fingerprint density at radius 3 is 2.62 bits per heavy atom. The van der Waals surface area contributed by atoms with Crippen molar-refractivity contribution in [3.63, 3.8) is 0 Å². The summed E-state index contributed by atoms with van der Waals surface area (Å²) in [6, 6.07) is 0. The molecule has 0 radical (unpaired) electrons. The van der Waals surface area contributed by atoms with Crippen molar-refractivity contribution < 1.29 is 35.2 Å². The highest BCUT2D eigenvalue weighted by atomic mass is 31.2. The van der Waals surface area contributed by atoms with Crippen molar-refractivity contribution in [1.82, 2.24) is 0 Å². The summed E-state index contributed by atoms with van der Waals surface area (Å²) >= 11 is 0. The lowest BCUT2D eigenvalue weighted by molar-refractivity contribution is -0.132. The fourth-order valence-electron chi connectivity index (χ4n) is 0.921. The van der Waals surface area contributed by atoms with E-state index >= 15 is 0 Å². The maximum absolute atomic E-state index is 10.3. The molecule has 7 nitrogen and oxygen atoms in total. The van der Waals surface area contributed by atoms with Crippen LogP contribution in [0.4, 0.5) is 0 Å². The van der Waals surface area contributed by atoms with Crippen LogP contribution in [0.1, 0.15) is 7.79 Å². The second kappa shape index (κ2) is 4.02. The molecular formula is C5H11O7P. The van der Waals surface area contributed by atoms with Crippen LogP contribution in [0, 0.1) is 0 Å². The molecule has 0 aromatic heterocycles. The van der Waals surface area contributed by atoms with Crippen molar-refractivity contribution >= 4 is 7.82 Å². The van der Waals surface area contributed by atoms with E-state index in [1.807, 2.05) is 0 Å². The third-order valence-corrected chi connectivity index (χ3v) is 1.96. The van der Waals surface area contributed by atoms with Gasteiger partial charge < -0.3 is 24.7 Å². The Hall–Kier alpha value is -0.0100. The SMILES string of the molecule is [2H][C@]1(O)C[C@@H](COP(=O)(O)O)OC1O. The maximum Gasteiger partial charge on any atom is 0.469 e. The van der Waals surface area contributed by atoms with Gasteiger partial charge >= 0.3 is 7.82 Å². The number of phosphoric acid groups is 1. The number of hydrogen-bond acceptors (Lipinski definition) is 5. The van der Waals surface area contributed by atoms with Crippen molar-refractivity contribution in [3.05, 3.63) is 0 Å². The van der Waals surface area contributed by atoms with Gasteiger partial charge in [-0.2, -0.15) is 0 Å². The van der Waals surface area contributed by atoms with Crippen molar-refractivity contribution in [2.45, 2.75) is 24.9 Å². The van der Waals surface area contributed by atoms with Crippen LogP contribution < -0.4 is 0 Å². The van der Waals surface area contributed by atoms with Gasteiger partial charge in [-0.3, -0.25) is 4.52 Å². The molecule has 3 atom stereocenters. The number of aliphatic hydroxyl groups excluding tert-OH is 1. The van der Waals surface area contributed by atoms with Crippen LogP contribution in [-0.4, -0.2) is 45.1 Å². The Kier molecular flexibility index (Phi) is 2.95. The number of phosphoric ester groups is 1.